The highest BCUT2D eigenvalue weighted by Crippen LogP contribution is 2.41. The third-order valence-electron chi connectivity index (χ3n) is 8.55. The molecule has 4 aliphatic rings. The number of hydrogen-bond acceptors (Lipinski definition) is 18. The fourth-order valence-electron chi connectivity index (χ4n) is 5.79. The van der Waals surface area contributed by atoms with Crippen LogP contribution in [0.2, 0.25) is 0 Å². The highest BCUT2D eigenvalue weighted by Gasteiger charge is 2.50. The maximum atomic E-state index is 12.8. The van der Waals surface area contributed by atoms with Crippen LogP contribution in [0.4, 0.5) is 0 Å². The molecule has 49 heavy (non-hydrogen) atoms. The van der Waals surface area contributed by atoms with Crippen LogP contribution in [-0.4, -0.2) is 145 Å². The maximum absolute atomic E-state index is 12.8. The number of phenols is 1. The number of phenolic OH excluding ortho intramolecular Hbond substituents is 1. The van der Waals surface area contributed by atoms with E-state index in [1.807, 2.05) is 0 Å². The molecule has 1 aromatic rings. The van der Waals surface area contributed by atoms with Gasteiger partial charge in [-0.05, 0) is 23.8 Å². The lowest BCUT2D eigenvalue weighted by Gasteiger charge is -2.44. The van der Waals surface area contributed by atoms with Crippen LogP contribution in [0.1, 0.15) is 12.0 Å². The van der Waals surface area contributed by atoms with Crippen LogP contribution in [-0.2, 0) is 38.0 Å². The largest absolute Gasteiger partial charge is 0.504 e. The quantitative estimate of drug-likeness (QED) is 0.0664. The van der Waals surface area contributed by atoms with Crippen LogP contribution in [0.3, 0.4) is 0 Å². The molecular formula is C31H38O18. The minimum absolute atomic E-state index is 0.0451. The molecule has 0 radical (unpaired) electrons. The molecular weight excluding hydrogens is 660 g/mol. The van der Waals surface area contributed by atoms with Crippen molar-refractivity contribution in [1.29, 1.82) is 0 Å². The highest BCUT2D eigenvalue weighted by atomic mass is 16.8. The average molecular weight is 699 g/mol. The zero-order valence-electron chi connectivity index (χ0n) is 25.7. The van der Waals surface area contributed by atoms with Gasteiger partial charge in [-0.1, -0.05) is 12.1 Å². The van der Waals surface area contributed by atoms with E-state index in [2.05, 4.69) is 6.58 Å². The van der Waals surface area contributed by atoms with E-state index in [9.17, 15) is 55.5 Å². The Labute approximate surface area is 278 Å². The third kappa shape index (κ3) is 7.74. The van der Waals surface area contributed by atoms with Crippen molar-refractivity contribution in [3.05, 3.63) is 54.3 Å². The first-order chi connectivity index (χ1) is 23.4. The number of carbonyl (C=O) groups is 2. The smallest absolute Gasteiger partial charge is 0.340 e. The number of esters is 2. The molecule has 18 heteroatoms. The Bertz CT molecular complexity index is 1410. The topological polar surface area (TPSA) is 281 Å². The van der Waals surface area contributed by atoms with Gasteiger partial charge < -0.3 is 79.1 Å². The summed E-state index contributed by atoms with van der Waals surface area (Å²) >= 11 is 0. The van der Waals surface area contributed by atoms with Gasteiger partial charge in [-0.3, -0.25) is 0 Å². The summed E-state index contributed by atoms with van der Waals surface area (Å²) < 4.78 is 37.9. The predicted octanol–water partition coefficient (Wildman–Crippen LogP) is -3.12. The van der Waals surface area contributed by atoms with E-state index in [-0.39, 0.29) is 17.7 Å². The molecule has 1 aromatic carbocycles. The Morgan fingerprint density at radius 3 is 2.14 bits per heavy atom. The fraction of sp³-hybridized carbons (Fsp3) is 0.548. The van der Waals surface area contributed by atoms with Gasteiger partial charge >= 0.3 is 11.9 Å². The van der Waals surface area contributed by atoms with E-state index < -0.39 is 117 Å². The van der Waals surface area contributed by atoms with Crippen molar-refractivity contribution >= 4 is 18.0 Å². The fourth-order valence-corrected chi connectivity index (χ4v) is 5.79. The van der Waals surface area contributed by atoms with Gasteiger partial charge in [0.2, 0.25) is 18.9 Å². The van der Waals surface area contributed by atoms with E-state index in [0.29, 0.717) is 5.56 Å². The number of aromatic hydroxyl groups is 1. The van der Waals surface area contributed by atoms with Crippen molar-refractivity contribution < 1.29 is 88.7 Å². The molecule has 3 fully saturated rings. The second-order valence-corrected chi connectivity index (χ2v) is 11.7. The minimum atomic E-state index is -1.71. The highest BCUT2D eigenvalue weighted by molar-refractivity contribution is 5.91. The van der Waals surface area contributed by atoms with E-state index in [1.165, 1.54) is 30.4 Å². The molecule has 9 N–H and O–H groups in total. The average Bonchev–Trinajstić information content (AvgIpc) is 3.08. The van der Waals surface area contributed by atoms with Crippen LogP contribution < -0.4 is 4.74 Å². The molecule has 0 spiro atoms. The number of ether oxygens (including phenoxy) is 7. The third-order valence-corrected chi connectivity index (χ3v) is 8.55. The summed E-state index contributed by atoms with van der Waals surface area (Å²) in [6.45, 7) is 2.42. The van der Waals surface area contributed by atoms with Gasteiger partial charge in [0.25, 0.3) is 0 Å². The van der Waals surface area contributed by atoms with E-state index >= 15 is 0 Å². The normalized spacial score (nSPS) is 39.3. The van der Waals surface area contributed by atoms with Crippen molar-refractivity contribution in [2.45, 2.75) is 80.4 Å². The second kappa shape index (κ2) is 15.5. The van der Waals surface area contributed by atoms with Crippen molar-refractivity contribution in [3.8, 4) is 11.5 Å². The minimum Gasteiger partial charge on any atom is -0.504 e. The molecule has 0 aromatic heterocycles. The maximum Gasteiger partial charge on any atom is 0.340 e. The molecule has 4 aliphatic heterocycles. The van der Waals surface area contributed by atoms with Crippen molar-refractivity contribution in [2.75, 3.05) is 13.2 Å². The monoisotopic (exact) mass is 698 g/mol. The summed E-state index contributed by atoms with van der Waals surface area (Å²) in [5.74, 6) is -3.84. The van der Waals surface area contributed by atoms with Crippen molar-refractivity contribution in [3.63, 3.8) is 0 Å². The number of fused-ring (bicyclic) bond motifs is 1. The number of aliphatic hydroxyl groups excluding tert-OH is 8. The van der Waals surface area contributed by atoms with Gasteiger partial charge in [0, 0.05) is 24.3 Å². The predicted molar refractivity (Wildman–Crippen MR) is 157 cm³/mol. The van der Waals surface area contributed by atoms with Gasteiger partial charge in [0.05, 0.1) is 25.0 Å². The van der Waals surface area contributed by atoms with Gasteiger partial charge in [0.15, 0.2) is 17.8 Å². The molecule has 5 rings (SSSR count). The van der Waals surface area contributed by atoms with Gasteiger partial charge in [0.1, 0.15) is 48.8 Å². The number of carbonyl (C=O) groups excluding carboxylic acids is 2. The second-order valence-electron chi connectivity index (χ2n) is 11.7. The lowest BCUT2D eigenvalue weighted by molar-refractivity contribution is -0.340. The number of cyclic esters (lactones) is 1. The lowest BCUT2D eigenvalue weighted by Crippen LogP contribution is -2.60. The number of aliphatic hydroxyl groups is 8. The summed E-state index contributed by atoms with van der Waals surface area (Å²) in [6.07, 6.45) is -13.3. The Kier molecular flexibility index (Phi) is 11.6. The molecule has 0 bridgehead atoms. The molecule has 14 atom stereocenters. The Hall–Kier alpha value is -3.66. The van der Waals surface area contributed by atoms with Crippen LogP contribution in [0, 0.1) is 11.8 Å². The number of hydrogen-bond donors (Lipinski definition) is 9. The summed E-state index contributed by atoms with van der Waals surface area (Å²) in [6, 6.07) is 3.90. The van der Waals surface area contributed by atoms with E-state index in [4.69, 9.17) is 33.2 Å². The lowest BCUT2D eigenvalue weighted by atomic mass is 9.80. The Morgan fingerprint density at radius 2 is 1.53 bits per heavy atom. The van der Waals surface area contributed by atoms with Gasteiger partial charge in [-0.2, -0.15) is 0 Å². The molecule has 4 heterocycles. The first-order valence-corrected chi connectivity index (χ1v) is 15.2. The van der Waals surface area contributed by atoms with Crippen LogP contribution in [0.5, 0.6) is 11.5 Å². The van der Waals surface area contributed by atoms with Crippen LogP contribution in [0.25, 0.3) is 6.08 Å². The molecule has 270 valence electrons. The Morgan fingerprint density at radius 1 is 0.898 bits per heavy atom. The Balaban J connectivity index is 1.19. The first-order valence-electron chi connectivity index (χ1n) is 15.2. The van der Waals surface area contributed by atoms with Crippen molar-refractivity contribution in [2.24, 2.45) is 11.8 Å². The molecule has 0 aliphatic carbocycles. The molecule has 18 nitrogen and oxygen atoms in total. The molecule has 0 saturated carbocycles. The van der Waals surface area contributed by atoms with Crippen LogP contribution in [0.15, 0.2) is 48.8 Å². The van der Waals surface area contributed by atoms with E-state index in [1.54, 1.807) is 0 Å². The van der Waals surface area contributed by atoms with Crippen LogP contribution >= 0.6 is 0 Å². The summed E-state index contributed by atoms with van der Waals surface area (Å²) in [7, 11) is 0. The van der Waals surface area contributed by atoms with Gasteiger partial charge in [-0.25, -0.2) is 9.59 Å². The zero-order chi connectivity index (χ0) is 35.6. The van der Waals surface area contributed by atoms with Crippen molar-refractivity contribution in [1.82, 2.24) is 0 Å². The number of rotatable bonds is 10. The zero-order valence-corrected chi connectivity index (χ0v) is 25.7. The summed E-state index contributed by atoms with van der Waals surface area (Å²) in [5, 5.41) is 89.7. The summed E-state index contributed by atoms with van der Waals surface area (Å²) in [4.78, 5) is 25.4. The van der Waals surface area contributed by atoms with Gasteiger partial charge in [-0.15, -0.1) is 6.58 Å². The number of benzene rings is 1. The standard InChI is InChI=1S/C31H38O18/c1-2-13-14-8-21(48-28(42)15(14)11-43-29(13)49-31-27(41)25(39)23(37)19(10-33)46-31)47-20(35)6-4-12-3-5-17(16(34)7-12)44-30-26(40)24(38)22(36)18(9-32)45-30/h2-7,11,13-14,18-19,21-27,29-34,36-41H,1,8-10H2/b6-4+/t13-,14+,18-,19+,21+,22-,23+,24+,25-,26-,27+,29+,30-,31-/m1/s1. The van der Waals surface area contributed by atoms with E-state index in [0.717, 1.165) is 12.3 Å². The summed E-state index contributed by atoms with van der Waals surface area (Å²) in [5.41, 5.74) is 0.397. The SMILES string of the molecule is C=C[C@H]1[C@H](O[C@H]2O[C@@H](CO)[C@H](O)[C@@H](O)[C@@H]2O)OC=C2C(=O)O[C@H](OC(=O)/C=C/c3ccc(O[C@@H]4O[C@H](CO)[C@@H](O)[C@H](O)[C@H]4O)c(O)c3)C[C@H]21. The first kappa shape index (κ1) is 36.6. The molecule has 3 saturated heterocycles. The molecule has 0 unspecified atom stereocenters. The molecule has 0 amide bonds.